The van der Waals surface area contributed by atoms with E-state index in [2.05, 4.69) is 16.9 Å². The van der Waals surface area contributed by atoms with Crippen LogP contribution in [0.2, 0.25) is 0 Å². The van der Waals surface area contributed by atoms with Gasteiger partial charge in [0.05, 0.1) is 12.9 Å². The standard InChI is InChI=1S/C23H31NO5S/c1-29-20-8-5-6-17(15-20)12-13-30(27,28)24-22-16-18-10-11-21(22)19(14-18)7-3-2-4-9-23(25)26/h3,5-8,15,18-19,24H,2,4,9-14,16H2,1H3,(H,25,26). The molecule has 1 saturated carbocycles. The minimum absolute atomic E-state index is 0.0390. The molecule has 0 saturated heterocycles. The lowest BCUT2D eigenvalue weighted by atomic mass is 9.69. The van der Waals surface area contributed by atoms with E-state index < -0.39 is 16.0 Å². The largest absolute Gasteiger partial charge is 0.497 e. The first-order valence-corrected chi connectivity index (χ1v) is 12.3. The summed E-state index contributed by atoms with van der Waals surface area (Å²) in [7, 11) is -1.82. The number of sulfonamides is 1. The Morgan fingerprint density at radius 2 is 2.20 bits per heavy atom. The maximum Gasteiger partial charge on any atom is 0.303 e. The summed E-state index contributed by atoms with van der Waals surface area (Å²) in [4.78, 5) is 10.6. The molecule has 3 aliphatic carbocycles. The lowest BCUT2D eigenvalue weighted by Gasteiger charge is -2.38. The zero-order valence-electron chi connectivity index (χ0n) is 17.5. The number of hydrogen-bond donors (Lipinski definition) is 2. The number of carboxylic acid groups (broad SMARTS) is 1. The Hall–Kier alpha value is -2.28. The molecule has 30 heavy (non-hydrogen) atoms. The predicted molar refractivity (Wildman–Crippen MR) is 117 cm³/mol. The van der Waals surface area contributed by atoms with Crippen molar-refractivity contribution in [3.05, 3.63) is 53.3 Å². The maximum atomic E-state index is 12.7. The van der Waals surface area contributed by atoms with E-state index in [-0.39, 0.29) is 18.1 Å². The van der Waals surface area contributed by atoms with Crippen LogP contribution < -0.4 is 9.46 Å². The smallest absolute Gasteiger partial charge is 0.303 e. The number of carbonyl (C=O) groups is 1. The zero-order chi connectivity index (χ0) is 21.6. The Balaban J connectivity index is 1.61. The van der Waals surface area contributed by atoms with Gasteiger partial charge in [0.25, 0.3) is 0 Å². The molecule has 4 rings (SSSR count). The summed E-state index contributed by atoms with van der Waals surface area (Å²) in [5, 5.41) is 8.73. The second kappa shape index (κ2) is 10.2. The van der Waals surface area contributed by atoms with Crippen LogP contribution in [0.3, 0.4) is 0 Å². The van der Waals surface area contributed by atoms with Crippen LogP contribution in [0.4, 0.5) is 0 Å². The van der Waals surface area contributed by atoms with Gasteiger partial charge in [-0.15, -0.1) is 0 Å². The van der Waals surface area contributed by atoms with E-state index in [4.69, 9.17) is 9.84 Å². The van der Waals surface area contributed by atoms with Gasteiger partial charge < -0.3 is 9.84 Å². The monoisotopic (exact) mass is 433 g/mol. The molecule has 0 heterocycles. The molecule has 1 aromatic rings. The molecule has 7 heteroatoms. The Morgan fingerprint density at radius 3 is 2.93 bits per heavy atom. The fourth-order valence-electron chi connectivity index (χ4n) is 4.40. The van der Waals surface area contributed by atoms with Crippen molar-refractivity contribution >= 4 is 16.0 Å². The first-order valence-electron chi connectivity index (χ1n) is 10.6. The molecule has 164 valence electrons. The third kappa shape index (κ3) is 6.36. The van der Waals surface area contributed by atoms with Crippen LogP contribution >= 0.6 is 0 Å². The highest BCUT2D eigenvalue weighted by atomic mass is 32.2. The molecule has 0 aromatic heterocycles. The van der Waals surface area contributed by atoms with Crippen molar-refractivity contribution in [1.29, 1.82) is 0 Å². The maximum absolute atomic E-state index is 12.7. The number of unbranched alkanes of at least 4 members (excludes halogenated alkanes) is 1. The van der Waals surface area contributed by atoms with E-state index in [1.807, 2.05) is 24.3 Å². The molecular formula is C23H31NO5S. The summed E-state index contributed by atoms with van der Waals surface area (Å²) in [6.07, 6.45) is 10.1. The minimum atomic E-state index is -3.42. The highest BCUT2D eigenvalue weighted by molar-refractivity contribution is 7.89. The number of carboxylic acids is 1. The second-order valence-electron chi connectivity index (χ2n) is 8.19. The van der Waals surface area contributed by atoms with Crippen LogP contribution in [0.5, 0.6) is 5.75 Å². The molecule has 1 fully saturated rings. The van der Waals surface area contributed by atoms with E-state index >= 15 is 0 Å². The van der Waals surface area contributed by atoms with Crippen molar-refractivity contribution in [1.82, 2.24) is 4.72 Å². The van der Waals surface area contributed by atoms with Crippen molar-refractivity contribution in [3.8, 4) is 5.75 Å². The summed E-state index contributed by atoms with van der Waals surface area (Å²) in [5.41, 5.74) is 3.02. The fourth-order valence-corrected chi connectivity index (χ4v) is 5.59. The third-order valence-electron chi connectivity index (χ3n) is 5.94. The fraction of sp³-hybridized carbons (Fsp3) is 0.522. The molecule has 1 aromatic carbocycles. The number of methoxy groups -OCH3 is 1. The first kappa shape index (κ1) is 22.4. The highest BCUT2D eigenvalue weighted by Crippen LogP contribution is 2.44. The Labute approximate surface area is 179 Å². The summed E-state index contributed by atoms with van der Waals surface area (Å²) < 4.78 is 33.5. The average Bonchev–Trinajstić information content (AvgIpc) is 2.72. The van der Waals surface area contributed by atoms with Crippen LogP contribution in [0.1, 0.15) is 50.5 Å². The molecule has 2 N–H and O–H groups in total. The lowest BCUT2D eigenvalue weighted by Crippen LogP contribution is -2.35. The number of benzene rings is 1. The van der Waals surface area contributed by atoms with E-state index in [0.29, 0.717) is 18.8 Å². The molecule has 2 bridgehead atoms. The van der Waals surface area contributed by atoms with Gasteiger partial charge in [0.1, 0.15) is 5.75 Å². The number of hydrogen-bond acceptors (Lipinski definition) is 4. The number of nitrogens with one attached hydrogen (secondary N) is 1. The van der Waals surface area contributed by atoms with Gasteiger partial charge in [-0.05, 0) is 80.1 Å². The van der Waals surface area contributed by atoms with Gasteiger partial charge in [-0.25, -0.2) is 8.42 Å². The van der Waals surface area contributed by atoms with Gasteiger partial charge in [-0.3, -0.25) is 9.52 Å². The lowest BCUT2D eigenvalue weighted by molar-refractivity contribution is -0.137. The minimum Gasteiger partial charge on any atom is -0.497 e. The summed E-state index contributed by atoms with van der Waals surface area (Å²) in [5.74, 6) is 0.765. The first-order chi connectivity index (χ1) is 14.4. The van der Waals surface area contributed by atoms with E-state index in [1.54, 1.807) is 7.11 Å². The zero-order valence-corrected chi connectivity index (χ0v) is 18.3. The number of rotatable bonds is 11. The predicted octanol–water partition coefficient (Wildman–Crippen LogP) is 4.04. The number of aryl methyl sites for hydroxylation is 1. The van der Waals surface area contributed by atoms with Crippen LogP contribution in [-0.4, -0.2) is 32.4 Å². The molecule has 0 spiro atoms. The van der Waals surface area contributed by atoms with E-state index in [1.165, 1.54) is 5.57 Å². The SMILES string of the molecule is COc1cccc(CCS(=O)(=O)NC2=C3CCC(C2)CC3C=CCCCC(=O)O)c1. The molecule has 6 nitrogen and oxygen atoms in total. The van der Waals surface area contributed by atoms with E-state index in [0.717, 1.165) is 49.1 Å². The molecule has 2 atom stereocenters. The molecule has 0 aliphatic heterocycles. The number of fused-ring (bicyclic) bond motifs is 3. The second-order valence-corrected chi connectivity index (χ2v) is 10.0. The van der Waals surface area contributed by atoms with Gasteiger partial charge in [0.15, 0.2) is 0 Å². The van der Waals surface area contributed by atoms with Gasteiger partial charge in [0, 0.05) is 12.1 Å². The normalized spacial score (nSPS) is 21.2. The van der Waals surface area contributed by atoms with Crippen molar-refractivity contribution in [2.24, 2.45) is 11.8 Å². The molecule has 0 radical (unpaired) electrons. The van der Waals surface area contributed by atoms with Crippen LogP contribution in [0.25, 0.3) is 0 Å². The van der Waals surface area contributed by atoms with Crippen LogP contribution in [-0.2, 0) is 21.2 Å². The molecule has 3 aliphatic rings. The molecular weight excluding hydrogens is 402 g/mol. The van der Waals surface area contributed by atoms with Gasteiger partial charge in [0.2, 0.25) is 10.0 Å². The topological polar surface area (TPSA) is 92.7 Å². The highest BCUT2D eigenvalue weighted by Gasteiger charge is 2.34. The van der Waals surface area contributed by atoms with Gasteiger partial charge in [-0.2, -0.15) is 0 Å². The summed E-state index contributed by atoms with van der Waals surface area (Å²) in [6.45, 7) is 0. The van der Waals surface area contributed by atoms with Gasteiger partial charge >= 0.3 is 5.97 Å². The van der Waals surface area contributed by atoms with Crippen molar-refractivity contribution in [2.75, 3.05) is 12.9 Å². The molecule has 0 amide bonds. The summed E-state index contributed by atoms with van der Waals surface area (Å²) >= 11 is 0. The van der Waals surface area contributed by atoms with Crippen molar-refractivity contribution in [3.63, 3.8) is 0 Å². The van der Waals surface area contributed by atoms with Crippen molar-refractivity contribution < 1.29 is 23.1 Å². The number of allylic oxidation sites excluding steroid dienone is 4. The van der Waals surface area contributed by atoms with Crippen LogP contribution in [0.15, 0.2) is 47.7 Å². The van der Waals surface area contributed by atoms with Crippen molar-refractivity contribution in [2.45, 2.75) is 51.4 Å². The average molecular weight is 434 g/mol. The number of aliphatic carboxylic acids is 1. The summed E-state index contributed by atoms with van der Waals surface area (Å²) in [6, 6.07) is 7.49. The Bertz CT molecular complexity index is 919. The van der Waals surface area contributed by atoms with E-state index in [9.17, 15) is 13.2 Å². The third-order valence-corrected chi connectivity index (χ3v) is 7.24. The molecule has 2 unspecified atom stereocenters. The Kier molecular flexibility index (Phi) is 7.58. The number of ether oxygens (including phenoxy) is 1. The Morgan fingerprint density at radius 1 is 1.37 bits per heavy atom. The van der Waals surface area contributed by atoms with Gasteiger partial charge in [-0.1, -0.05) is 24.3 Å². The van der Waals surface area contributed by atoms with Crippen LogP contribution in [0, 0.1) is 11.8 Å². The quantitative estimate of drug-likeness (QED) is 0.406.